The highest BCUT2D eigenvalue weighted by molar-refractivity contribution is 5.82. The molecule has 1 aliphatic heterocycles. The van der Waals surface area contributed by atoms with Gasteiger partial charge in [-0.2, -0.15) is 0 Å². The second-order valence-electron chi connectivity index (χ2n) is 5.93. The van der Waals surface area contributed by atoms with Crippen molar-refractivity contribution in [2.75, 3.05) is 19.8 Å². The number of fused-ring (bicyclic) bond motifs is 1. The molecule has 0 saturated heterocycles. The molecule has 4 nitrogen and oxygen atoms in total. The summed E-state index contributed by atoms with van der Waals surface area (Å²) in [7, 11) is 0. The number of hydrogen-bond acceptors (Lipinski definition) is 3. The molecule has 0 spiro atoms. The third-order valence-corrected chi connectivity index (χ3v) is 4.62. The van der Waals surface area contributed by atoms with Crippen molar-refractivity contribution in [2.24, 2.45) is 5.41 Å². The van der Waals surface area contributed by atoms with Gasteiger partial charge in [-0.25, -0.2) is 0 Å². The number of aliphatic hydroxyl groups excluding tert-OH is 1. The maximum absolute atomic E-state index is 12.3. The largest absolute Gasteiger partial charge is 0.396 e. The predicted octanol–water partition coefficient (Wildman–Crippen LogP) is 1.58. The lowest BCUT2D eigenvalue weighted by atomic mass is 9.69. The minimum Gasteiger partial charge on any atom is -0.396 e. The monoisotopic (exact) mass is 275 g/mol. The first-order valence-corrected chi connectivity index (χ1v) is 7.32. The van der Waals surface area contributed by atoms with Gasteiger partial charge in [-0.05, 0) is 30.4 Å². The zero-order chi connectivity index (χ0) is 14.0. The van der Waals surface area contributed by atoms with Crippen LogP contribution in [0, 0.1) is 5.41 Å². The second kappa shape index (κ2) is 5.54. The lowest BCUT2D eigenvalue weighted by Crippen LogP contribution is -2.46. The van der Waals surface area contributed by atoms with Crippen molar-refractivity contribution in [3.63, 3.8) is 0 Å². The molecule has 2 aliphatic rings. The normalized spacial score (nSPS) is 23.6. The van der Waals surface area contributed by atoms with Gasteiger partial charge in [0.05, 0.1) is 13.2 Å². The summed E-state index contributed by atoms with van der Waals surface area (Å²) < 4.78 is 5.64. The van der Waals surface area contributed by atoms with E-state index in [0.717, 1.165) is 31.2 Å². The van der Waals surface area contributed by atoms with Gasteiger partial charge in [-0.15, -0.1) is 0 Å². The van der Waals surface area contributed by atoms with Crippen molar-refractivity contribution in [1.82, 2.24) is 5.32 Å². The van der Waals surface area contributed by atoms with E-state index in [9.17, 15) is 9.90 Å². The van der Waals surface area contributed by atoms with E-state index in [-0.39, 0.29) is 17.9 Å². The third kappa shape index (κ3) is 2.45. The Hall–Kier alpha value is -1.39. The molecule has 0 bridgehead atoms. The Balaban J connectivity index is 1.66. The van der Waals surface area contributed by atoms with Gasteiger partial charge < -0.3 is 15.2 Å². The number of hydrogen-bond donors (Lipinski definition) is 2. The number of aliphatic hydroxyl groups is 1. The average Bonchev–Trinajstić information content (AvgIpc) is 2.46. The predicted molar refractivity (Wildman–Crippen MR) is 75.2 cm³/mol. The molecule has 1 unspecified atom stereocenters. The van der Waals surface area contributed by atoms with Crippen LogP contribution in [0.5, 0.6) is 0 Å². The number of carbonyl (C=O) groups excluding carboxylic acids is 1. The Morgan fingerprint density at radius 3 is 2.90 bits per heavy atom. The molecular weight excluding hydrogens is 254 g/mol. The molecule has 1 amide bonds. The van der Waals surface area contributed by atoms with Gasteiger partial charge in [0.25, 0.3) is 5.91 Å². The van der Waals surface area contributed by atoms with Crippen LogP contribution in [-0.4, -0.2) is 30.8 Å². The molecular formula is C16H21NO3. The van der Waals surface area contributed by atoms with E-state index in [1.807, 2.05) is 18.2 Å². The van der Waals surface area contributed by atoms with Gasteiger partial charge in [-0.3, -0.25) is 4.79 Å². The number of nitrogens with one attached hydrogen (secondary N) is 1. The molecule has 1 heterocycles. The van der Waals surface area contributed by atoms with Gasteiger partial charge in [-0.1, -0.05) is 30.7 Å². The highest BCUT2D eigenvalue weighted by Gasteiger charge is 2.37. The summed E-state index contributed by atoms with van der Waals surface area (Å²) in [5.41, 5.74) is 2.08. The Bertz CT molecular complexity index is 491. The quantitative estimate of drug-likeness (QED) is 0.877. The molecule has 0 aromatic heterocycles. The molecule has 1 aromatic rings. The fraction of sp³-hybridized carbons (Fsp3) is 0.562. The molecule has 1 aromatic carbocycles. The molecule has 0 radical (unpaired) electrons. The van der Waals surface area contributed by atoms with E-state index in [0.29, 0.717) is 13.2 Å². The fourth-order valence-corrected chi connectivity index (χ4v) is 3.05. The third-order valence-electron chi connectivity index (χ3n) is 4.62. The summed E-state index contributed by atoms with van der Waals surface area (Å²) in [6.07, 6.45) is 3.48. The fourth-order valence-electron chi connectivity index (χ4n) is 3.05. The van der Waals surface area contributed by atoms with E-state index < -0.39 is 6.10 Å². The number of ether oxygens (including phenoxy) is 1. The van der Waals surface area contributed by atoms with E-state index in [1.54, 1.807) is 0 Å². The zero-order valence-electron chi connectivity index (χ0n) is 11.6. The van der Waals surface area contributed by atoms with Gasteiger partial charge in [0.2, 0.25) is 0 Å². The molecule has 1 atom stereocenters. The number of carbonyl (C=O) groups is 1. The first-order chi connectivity index (χ1) is 9.74. The van der Waals surface area contributed by atoms with Crippen molar-refractivity contribution in [3.05, 3.63) is 35.4 Å². The first-order valence-electron chi connectivity index (χ1n) is 7.32. The molecule has 108 valence electrons. The molecule has 3 rings (SSSR count). The Kier molecular flexibility index (Phi) is 3.76. The van der Waals surface area contributed by atoms with Crippen molar-refractivity contribution in [1.29, 1.82) is 0 Å². The lowest BCUT2D eigenvalue weighted by molar-refractivity contribution is -0.135. The van der Waals surface area contributed by atoms with Crippen LogP contribution in [0.1, 0.15) is 36.5 Å². The maximum Gasteiger partial charge on any atom is 0.253 e. The molecule has 20 heavy (non-hydrogen) atoms. The molecule has 1 saturated carbocycles. The van der Waals surface area contributed by atoms with Crippen LogP contribution in [0.3, 0.4) is 0 Å². The van der Waals surface area contributed by atoms with E-state index in [4.69, 9.17) is 4.74 Å². The number of benzene rings is 1. The van der Waals surface area contributed by atoms with Crippen molar-refractivity contribution in [3.8, 4) is 0 Å². The first kappa shape index (κ1) is 13.6. The van der Waals surface area contributed by atoms with Gasteiger partial charge in [0.1, 0.15) is 0 Å². The summed E-state index contributed by atoms with van der Waals surface area (Å²) in [5, 5.41) is 12.4. The molecule has 1 aliphatic carbocycles. The number of rotatable bonds is 4. The van der Waals surface area contributed by atoms with Gasteiger partial charge in [0.15, 0.2) is 6.10 Å². The standard InChI is InChI=1S/C16H21NO3/c18-11-16(7-3-8-16)10-17-15(19)14-13-5-2-1-4-12(13)6-9-20-14/h1-2,4-5,14,18H,3,6-11H2,(H,17,19). The van der Waals surface area contributed by atoms with Crippen LogP contribution >= 0.6 is 0 Å². The second-order valence-corrected chi connectivity index (χ2v) is 5.93. The summed E-state index contributed by atoms with van der Waals surface area (Å²) in [5.74, 6) is -0.0862. The van der Waals surface area contributed by atoms with Crippen molar-refractivity contribution in [2.45, 2.75) is 31.8 Å². The summed E-state index contributed by atoms with van der Waals surface area (Å²) in [4.78, 5) is 12.3. The minimum absolute atomic E-state index is 0.0862. The van der Waals surface area contributed by atoms with E-state index >= 15 is 0 Å². The van der Waals surface area contributed by atoms with Crippen LogP contribution in [0.15, 0.2) is 24.3 Å². The van der Waals surface area contributed by atoms with Gasteiger partial charge in [0, 0.05) is 12.0 Å². The van der Waals surface area contributed by atoms with Gasteiger partial charge >= 0.3 is 0 Å². The van der Waals surface area contributed by atoms with Crippen LogP contribution < -0.4 is 5.32 Å². The van der Waals surface area contributed by atoms with Crippen LogP contribution in [0.4, 0.5) is 0 Å². The lowest BCUT2D eigenvalue weighted by Gasteiger charge is -2.40. The number of amides is 1. The SMILES string of the molecule is O=C(NCC1(CO)CCC1)C1OCCc2ccccc21. The van der Waals surface area contributed by atoms with Crippen molar-refractivity contribution >= 4 is 5.91 Å². The van der Waals surface area contributed by atoms with E-state index in [2.05, 4.69) is 11.4 Å². The van der Waals surface area contributed by atoms with Crippen LogP contribution in [0.2, 0.25) is 0 Å². The topological polar surface area (TPSA) is 58.6 Å². The Morgan fingerprint density at radius 2 is 2.20 bits per heavy atom. The highest BCUT2D eigenvalue weighted by atomic mass is 16.5. The summed E-state index contributed by atoms with van der Waals surface area (Å²) in [6.45, 7) is 1.28. The summed E-state index contributed by atoms with van der Waals surface area (Å²) in [6, 6.07) is 7.95. The minimum atomic E-state index is -0.504. The molecule has 1 fully saturated rings. The van der Waals surface area contributed by atoms with Crippen molar-refractivity contribution < 1.29 is 14.6 Å². The Labute approximate surface area is 119 Å². The molecule has 2 N–H and O–H groups in total. The van der Waals surface area contributed by atoms with Crippen LogP contribution in [0.25, 0.3) is 0 Å². The van der Waals surface area contributed by atoms with Crippen LogP contribution in [-0.2, 0) is 16.0 Å². The smallest absolute Gasteiger partial charge is 0.253 e. The maximum atomic E-state index is 12.3. The Morgan fingerprint density at radius 1 is 1.40 bits per heavy atom. The van der Waals surface area contributed by atoms with E-state index in [1.165, 1.54) is 5.56 Å². The average molecular weight is 275 g/mol. The zero-order valence-corrected chi connectivity index (χ0v) is 11.6. The highest BCUT2D eigenvalue weighted by Crippen LogP contribution is 2.39. The summed E-state index contributed by atoms with van der Waals surface area (Å²) >= 11 is 0. The molecule has 4 heteroatoms.